The van der Waals surface area contributed by atoms with Crippen LogP contribution in [0.25, 0.3) is 0 Å². The van der Waals surface area contributed by atoms with E-state index in [0.29, 0.717) is 0 Å². The molecule has 2 unspecified atom stereocenters. The second-order valence-electron chi connectivity index (χ2n) is 9.03. The van der Waals surface area contributed by atoms with Gasteiger partial charge in [-0.2, -0.15) is 0 Å². The molecule has 1 heterocycles. The van der Waals surface area contributed by atoms with Gasteiger partial charge in [0.15, 0.2) is 0 Å². The van der Waals surface area contributed by atoms with Crippen molar-refractivity contribution in [3.05, 3.63) is 0 Å². The molecule has 1 saturated carbocycles. The van der Waals surface area contributed by atoms with Crippen molar-refractivity contribution in [2.75, 3.05) is 26.2 Å². The van der Waals surface area contributed by atoms with Crippen LogP contribution in [0.5, 0.6) is 0 Å². The molecule has 1 saturated heterocycles. The number of hydrogen-bond acceptors (Lipinski definition) is 2. The van der Waals surface area contributed by atoms with Crippen LogP contribution in [0.2, 0.25) is 0 Å². The molecule has 0 aromatic carbocycles. The second-order valence-corrected chi connectivity index (χ2v) is 9.03. The monoisotopic (exact) mass is 364 g/mol. The van der Waals surface area contributed by atoms with Gasteiger partial charge in [0.2, 0.25) is 0 Å². The number of fused-ring (bicyclic) bond motifs is 1. The summed E-state index contributed by atoms with van der Waals surface area (Å²) in [4.78, 5) is 5.78. The lowest BCUT2D eigenvalue weighted by molar-refractivity contribution is -0.00547. The zero-order chi connectivity index (χ0) is 18.5. The van der Waals surface area contributed by atoms with Crippen molar-refractivity contribution in [3.63, 3.8) is 0 Å². The lowest BCUT2D eigenvalue weighted by atomic mass is 9.86. The normalized spacial score (nSPS) is 24.7. The fraction of sp³-hybridized carbons (Fsp3) is 1.00. The number of unbranched alkanes of at least 4 members (excludes halogenated alkanes) is 10. The Morgan fingerprint density at radius 2 is 0.923 bits per heavy atom. The molecule has 0 aromatic heterocycles. The van der Waals surface area contributed by atoms with Gasteiger partial charge in [-0.15, -0.1) is 0 Å². The molecule has 0 spiro atoms. The van der Waals surface area contributed by atoms with E-state index in [1.165, 1.54) is 129 Å². The molecule has 2 fully saturated rings. The van der Waals surface area contributed by atoms with E-state index in [2.05, 4.69) is 23.6 Å². The molecule has 2 nitrogen and oxygen atoms in total. The second kappa shape index (κ2) is 14.0. The zero-order valence-electron chi connectivity index (χ0n) is 18.2. The van der Waals surface area contributed by atoms with Gasteiger partial charge >= 0.3 is 0 Å². The van der Waals surface area contributed by atoms with Gasteiger partial charge in [-0.1, -0.05) is 90.9 Å². The average Bonchev–Trinajstić information content (AvgIpc) is 2.68. The first-order chi connectivity index (χ1) is 12.9. The Bertz CT molecular complexity index is 298. The van der Waals surface area contributed by atoms with Gasteiger partial charge in [0.1, 0.15) is 0 Å². The van der Waals surface area contributed by atoms with Crippen LogP contribution < -0.4 is 0 Å². The smallest absolute Gasteiger partial charge is 0.0252 e. The van der Waals surface area contributed by atoms with Gasteiger partial charge in [-0.25, -0.2) is 0 Å². The highest BCUT2D eigenvalue weighted by Crippen LogP contribution is 2.31. The van der Waals surface area contributed by atoms with Crippen LogP contribution in [0.3, 0.4) is 0 Å². The molecule has 2 rings (SSSR count). The summed E-state index contributed by atoms with van der Waals surface area (Å²) < 4.78 is 0. The SMILES string of the molecule is CCCCCCCCN1CCN(CCCCCCCC)C2CCCCC21. The molecular weight excluding hydrogens is 316 g/mol. The van der Waals surface area contributed by atoms with Crippen LogP contribution in [-0.4, -0.2) is 48.1 Å². The Hall–Kier alpha value is -0.0800. The summed E-state index contributed by atoms with van der Waals surface area (Å²) in [5, 5.41) is 0. The minimum atomic E-state index is 0.883. The predicted molar refractivity (Wildman–Crippen MR) is 116 cm³/mol. The molecule has 0 N–H and O–H groups in total. The van der Waals surface area contributed by atoms with Crippen LogP contribution in [0.4, 0.5) is 0 Å². The lowest BCUT2D eigenvalue weighted by Gasteiger charge is -2.50. The largest absolute Gasteiger partial charge is 0.298 e. The van der Waals surface area contributed by atoms with Crippen LogP contribution in [-0.2, 0) is 0 Å². The van der Waals surface area contributed by atoms with E-state index in [0.717, 1.165) is 12.1 Å². The maximum atomic E-state index is 2.89. The first-order valence-electron chi connectivity index (χ1n) is 12.3. The molecule has 0 amide bonds. The fourth-order valence-electron chi connectivity index (χ4n) is 5.28. The lowest BCUT2D eigenvalue weighted by Crippen LogP contribution is -2.60. The van der Waals surface area contributed by atoms with Crippen molar-refractivity contribution in [1.29, 1.82) is 0 Å². The highest BCUT2D eigenvalue weighted by molar-refractivity contribution is 4.94. The van der Waals surface area contributed by atoms with Gasteiger partial charge in [0.25, 0.3) is 0 Å². The molecule has 154 valence electrons. The first-order valence-corrected chi connectivity index (χ1v) is 12.3. The molecule has 2 aliphatic rings. The van der Waals surface area contributed by atoms with Crippen molar-refractivity contribution in [3.8, 4) is 0 Å². The van der Waals surface area contributed by atoms with Crippen molar-refractivity contribution in [2.24, 2.45) is 0 Å². The van der Waals surface area contributed by atoms with E-state index in [1.807, 2.05) is 0 Å². The molecule has 2 heteroatoms. The zero-order valence-corrected chi connectivity index (χ0v) is 18.2. The van der Waals surface area contributed by atoms with Crippen LogP contribution >= 0.6 is 0 Å². The highest BCUT2D eigenvalue weighted by Gasteiger charge is 2.37. The minimum Gasteiger partial charge on any atom is -0.298 e. The maximum Gasteiger partial charge on any atom is 0.0252 e. The van der Waals surface area contributed by atoms with Gasteiger partial charge < -0.3 is 0 Å². The van der Waals surface area contributed by atoms with E-state index in [1.54, 1.807) is 0 Å². The van der Waals surface area contributed by atoms with Gasteiger partial charge in [-0.05, 0) is 38.8 Å². The third-order valence-corrected chi connectivity index (χ3v) is 6.90. The summed E-state index contributed by atoms with van der Waals surface area (Å²) in [7, 11) is 0. The predicted octanol–water partition coefficient (Wildman–Crippen LogP) is 6.64. The molecule has 0 bridgehead atoms. The molecular formula is C24H48N2. The van der Waals surface area contributed by atoms with E-state index in [9.17, 15) is 0 Å². The van der Waals surface area contributed by atoms with E-state index < -0.39 is 0 Å². The summed E-state index contributed by atoms with van der Waals surface area (Å²) in [6, 6.07) is 1.77. The van der Waals surface area contributed by atoms with Gasteiger partial charge in [0.05, 0.1) is 0 Å². The Morgan fingerprint density at radius 3 is 1.35 bits per heavy atom. The molecule has 2 atom stereocenters. The summed E-state index contributed by atoms with van der Waals surface area (Å²) in [5.74, 6) is 0. The minimum absolute atomic E-state index is 0.883. The molecule has 26 heavy (non-hydrogen) atoms. The summed E-state index contributed by atoms with van der Waals surface area (Å²) in [5.41, 5.74) is 0. The molecule has 0 radical (unpaired) electrons. The Balaban J connectivity index is 1.66. The average molecular weight is 365 g/mol. The van der Waals surface area contributed by atoms with Crippen LogP contribution in [0.15, 0.2) is 0 Å². The fourth-order valence-corrected chi connectivity index (χ4v) is 5.28. The van der Waals surface area contributed by atoms with Crippen molar-refractivity contribution in [1.82, 2.24) is 9.80 Å². The van der Waals surface area contributed by atoms with E-state index in [4.69, 9.17) is 0 Å². The summed E-state index contributed by atoms with van der Waals surface area (Å²) in [6.45, 7) is 10.1. The number of nitrogens with zero attached hydrogens (tertiary/aromatic N) is 2. The van der Waals surface area contributed by atoms with Gasteiger partial charge in [0, 0.05) is 25.2 Å². The molecule has 0 aromatic rings. The third kappa shape index (κ3) is 7.89. The topological polar surface area (TPSA) is 6.48 Å². The highest BCUT2D eigenvalue weighted by atomic mass is 15.3. The molecule has 1 aliphatic heterocycles. The first kappa shape index (κ1) is 22.2. The van der Waals surface area contributed by atoms with Crippen molar-refractivity contribution >= 4 is 0 Å². The summed E-state index contributed by atoms with van der Waals surface area (Å²) >= 11 is 0. The van der Waals surface area contributed by atoms with Gasteiger partial charge in [-0.3, -0.25) is 9.80 Å². The van der Waals surface area contributed by atoms with Crippen LogP contribution in [0, 0.1) is 0 Å². The Labute approximate surface area is 165 Å². The molecule has 1 aliphatic carbocycles. The number of piperazine rings is 1. The quantitative estimate of drug-likeness (QED) is 0.319. The standard InChI is InChI=1S/C24H48N2/c1-3-5-7-9-11-15-19-25-21-22-26(20-16-12-10-8-6-4-2)24-18-14-13-17-23(24)25/h23-24H,3-22H2,1-2H3. The van der Waals surface area contributed by atoms with E-state index >= 15 is 0 Å². The third-order valence-electron chi connectivity index (χ3n) is 6.90. The van der Waals surface area contributed by atoms with Crippen LogP contribution in [0.1, 0.15) is 117 Å². The van der Waals surface area contributed by atoms with Crippen molar-refractivity contribution < 1.29 is 0 Å². The Morgan fingerprint density at radius 1 is 0.538 bits per heavy atom. The summed E-state index contributed by atoms with van der Waals surface area (Å²) in [6.07, 6.45) is 23.1. The van der Waals surface area contributed by atoms with Crippen molar-refractivity contribution in [2.45, 2.75) is 129 Å². The maximum absolute atomic E-state index is 2.89. The number of hydrogen-bond donors (Lipinski definition) is 0. The van der Waals surface area contributed by atoms with E-state index in [-0.39, 0.29) is 0 Å². The Kier molecular flexibility index (Phi) is 12.0. The number of rotatable bonds is 14.